The van der Waals surface area contributed by atoms with Gasteiger partial charge in [-0.2, -0.15) is 0 Å². The topological polar surface area (TPSA) is 228 Å². The van der Waals surface area contributed by atoms with Crippen LogP contribution >= 0.6 is 0 Å². The van der Waals surface area contributed by atoms with E-state index in [0.717, 1.165) is 42.1 Å². The molecule has 17 heteroatoms. The van der Waals surface area contributed by atoms with Crippen LogP contribution < -0.4 is 16.4 Å². The lowest BCUT2D eigenvalue weighted by Gasteiger charge is -2.31. The van der Waals surface area contributed by atoms with Gasteiger partial charge in [-0.3, -0.25) is 9.59 Å². The van der Waals surface area contributed by atoms with Crippen molar-refractivity contribution in [3.8, 4) is 0 Å². The molecule has 0 aliphatic heterocycles. The van der Waals surface area contributed by atoms with E-state index in [4.69, 9.17) is 24.7 Å². The summed E-state index contributed by atoms with van der Waals surface area (Å²) in [5, 5.41) is 5.22. The van der Waals surface area contributed by atoms with Crippen molar-refractivity contribution in [2.45, 2.75) is 161 Å². The zero-order valence-electron chi connectivity index (χ0n) is 42.6. The van der Waals surface area contributed by atoms with Gasteiger partial charge < -0.3 is 35.3 Å². The van der Waals surface area contributed by atoms with Gasteiger partial charge in [-0.05, 0) is 48.9 Å². The number of benzene rings is 3. The lowest BCUT2D eigenvalue weighted by atomic mass is 10.0. The van der Waals surface area contributed by atoms with Crippen LogP contribution in [0.25, 0.3) is 0 Å². The largest absolute Gasteiger partial charge is 0.464 e. The summed E-state index contributed by atoms with van der Waals surface area (Å²) in [6.07, 6.45) is 18.3. The number of carbonyl (C=O) groups excluding carboxylic acids is 7. The van der Waals surface area contributed by atoms with E-state index in [1.54, 1.807) is 48.5 Å². The number of imide groups is 1. The molecule has 1 aromatic heterocycles. The zero-order valence-corrected chi connectivity index (χ0v) is 42.6. The highest BCUT2D eigenvalue weighted by atomic mass is 16.6. The van der Waals surface area contributed by atoms with Crippen LogP contribution in [0.4, 0.5) is 14.4 Å². The Bertz CT molecular complexity index is 2240. The van der Waals surface area contributed by atoms with E-state index in [-0.39, 0.29) is 50.5 Å². The number of aromatic nitrogens is 2. The molecule has 0 spiro atoms. The summed E-state index contributed by atoms with van der Waals surface area (Å²) in [5.41, 5.74) is 7.31. The highest BCUT2D eigenvalue weighted by Gasteiger charge is 2.41. The molecule has 396 valence electrons. The summed E-state index contributed by atoms with van der Waals surface area (Å²) in [5.74, 6) is -3.57. The number of unbranched alkanes of at least 4 members (excludes halogenated alkanes) is 16. The van der Waals surface area contributed by atoms with E-state index >= 15 is 0 Å². The number of nitrogens with zero attached hydrogens (tertiary/aromatic N) is 3. The fourth-order valence-electron chi connectivity index (χ4n) is 8.02. The number of hydrogen-bond donors (Lipinski definition) is 3. The molecule has 73 heavy (non-hydrogen) atoms. The van der Waals surface area contributed by atoms with Gasteiger partial charge in [-0.25, -0.2) is 38.4 Å². The molecule has 4 N–H and O–H groups in total. The van der Waals surface area contributed by atoms with Crippen molar-refractivity contribution in [3.63, 3.8) is 0 Å². The van der Waals surface area contributed by atoms with Crippen LogP contribution in [0, 0.1) is 0 Å². The first-order valence-corrected chi connectivity index (χ1v) is 26.1. The molecule has 0 radical (unpaired) electrons. The molecule has 0 saturated heterocycles. The molecule has 0 bridgehead atoms. The van der Waals surface area contributed by atoms with Gasteiger partial charge >= 0.3 is 30.2 Å². The van der Waals surface area contributed by atoms with Gasteiger partial charge in [0.1, 0.15) is 31.6 Å². The Labute approximate surface area is 430 Å². The van der Waals surface area contributed by atoms with Crippen LogP contribution in [0.1, 0.15) is 156 Å². The lowest BCUT2D eigenvalue weighted by Crippen LogP contribution is -2.57. The highest BCUT2D eigenvalue weighted by Crippen LogP contribution is 2.19. The maximum absolute atomic E-state index is 14.9. The molecule has 0 aliphatic carbocycles. The second-order valence-corrected chi connectivity index (χ2v) is 18.0. The minimum atomic E-state index is -1.57. The SMILES string of the molecule is CCCCCCCCCCCCCCCCCCOC(=O)[C@H](CCCCNC(=O)OCc1ccccc1)N(C(=O)OCc1ccccc1)C(=O)[C@H](Cc1cn(C(=O)OC(=O)c2ccccc2)cn1)NC(=O)CN. The Morgan fingerprint density at radius 1 is 0.644 bits per heavy atom. The Hall–Kier alpha value is -6.88. The molecule has 17 nitrogen and oxygen atoms in total. The second kappa shape index (κ2) is 35.3. The standard InChI is InChI=1S/C56H76N6O11/c1-2-3-4-5-6-7-8-9-10-11-12-13-14-15-16-28-37-70-53(66)49(35-26-27-36-58-54(67)71-41-44-29-20-17-21-30-44)62(56(69)72-42-45-31-22-18-23-32-45)51(64)48(60-50(63)39-57)38-47-40-61(43-59-47)55(68)73-52(65)46-33-24-19-25-34-46/h17-25,29-34,40,43,48-49H,2-16,26-28,35-39,41-42,57H2,1H3,(H,58,67)(H,60,63)/t48-,49-/m0/s1. The van der Waals surface area contributed by atoms with Crippen molar-refractivity contribution in [1.82, 2.24) is 25.1 Å². The quantitative estimate of drug-likeness (QED) is 0.0171. The number of nitrogens with two attached hydrogens (primary N) is 1. The molecule has 0 saturated carbocycles. The average Bonchev–Trinajstić information content (AvgIpc) is 3.89. The first kappa shape index (κ1) is 58.7. The Morgan fingerprint density at radius 2 is 1.18 bits per heavy atom. The summed E-state index contributed by atoms with van der Waals surface area (Å²) >= 11 is 0. The molecule has 0 fully saturated rings. The number of hydrogen-bond acceptors (Lipinski definition) is 13. The van der Waals surface area contributed by atoms with Crippen LogP contribution in [-0.4, -0.2) is 88.3 Å². The van der Waals surface area contributed by atoms with E-state index in [9.17, 15) is 33.6 Å². The third-order valence-electron chi connectivity index (χ3n) is 12.1. The van der Waals surface area contributed by atoms with Gasteiger partial charge in [0.25, 0.3) is 5.91 Å². The maximum Gasteiger partial charge on any atom is 0.427 e. The van der Waals surface area contributed by atoms with Crippen molar-refractivity contribution in [1.29, 1.82) is 0 Å². The average molecular weight is 1010 g/mol. The summed E-state index contributed by atoms with van der Waals surface area (Å²) < 4.78 is 22.7. The molecule has 0 unspecified atom stereocenters. The van der Waals surface area contributed by atoms with Crippen LogP contribution in [-0.2, 0) is 53.0 Å². The fraction of sp³-hybridized carbons (Fsp3) is 0.500. The molecule has 4 amide bonds. The number of rotatable bonds is 34. The van der Waals surface area contributed by atoms with Crippen molar-refractivity contribution >= 4 is 42.0 Å². The predicted octanol–water partition coefficient (Wildman–Crippen LogP) is 10.1. The smallest absolute Gasteiger partial charge is 0.427 e. The molecule has 1 heterocycles. The number of imidazole rings is 1. The molecule has 4 aromatic rings. The Morgan fingerprint density at radius 3 is 1.74 bits per heavy atom. The number of nitrogens with one attached hydrogen (secondary N) is 2. The van der Waals surface area contributed by atoms with Crippen LogP contribution in [0.15, 0.2) is 104 Å². The van der Waals surface area contributed by atoms with Gasteiger partial charge in [0, 0.05) is 19.2 Å². The number of ether oxygens (including phenoxy) is 4. The van der Waals surface area contributed by atoms with Gasteiger partial charge in [-0.1, -0.05) is 182 Å². The Kier molecular flexibility index (Phi) is 28.4. The van der Waals surface area contributed by atoms with E-state index < -0.39 is 67.1 Å². The van der Waals surface area contributed by atoms with E-state index in [1.807, 2.05) is 30.3 Å². The van der Waals surface area contributed by atoms with E-state index in [1.165, 1.54) is 89.0 Å². The molecule has 4 rings (SSSR count). The van der Waals surface area contributed by atoms with Crippen LogP contribution in [0.5, 0.6) is 0 Å². The van der Waals surface area contributed by atoms with E-state index in [0.29, 0.717) is 23.3 Å². The first-order chi connectivity index (χ1) is 35.6. The molecule has 0 aliphatic rings. The normalized spacial score (nSPS) is 11.7. The van der Waals surface area contributed by atoms with Gasteiger partial charge in [0.15, 0.2) is 0 Å². The van der Waals surface area contributed by atoms with Crippen LogP contribution in [0.2, 0.25) is 0 Å². The van der Waals surface area contributed by atoms with Crippen molar-refractivity contribution in [2.24, 2.45) is 5.73 Å². The van der Waals surface area contributed by atoms with E-state index in [2.05, 4.69) is 22.5 Å². The maximum atomic E-state index is 14.9. The minimum Gasteiger partial charge on any atom is -0.464 e. The number of carbonyl (C=O) groups is 7. The number of alkyl carbamates (subject to hydrolysis) is 1. The van der Waals surface area contributed by atoms with Gasteiger partial charge in [0.05, 0.1) is 24.4 Å². The summed E-state index contributed by atoms with van der Waals surface area (Å²) in [6, 6.07) is 22.7. The van der Waals surface area contributed by atoms with Gasteiger partial charge in [-0.15, -0.1) is 0 Å². The minimum absolute atomic E-state index is 0.0390. The van der Waals surface area contributed by atoms with Crippen LogP contribution in [0.3, 0.4) is 0 Å². The third kappa shape index (κ3) is 23.5. The second-order valence-electron chi connectivity index (χ2n) is 18.0. The molecule has 3 aromatic carbocycles. The summed E-state index contributed by atoms with van der Waals surface area (Å²) in [6.45, 7) is 1.72. The first-order valence-electron chi connectivity index (χ1n) is 26.1. The summed E-state index contributed by atoms with van der Waals surface area (Å²) in [4.78, 5) is 99.2. The number of amides is 4. The summed E-state index contributed by atoms with van der Waals surface area (Å²) in [7, 11) is 0. The zero-order chi connectivity index (χ0) is 52.3. The molecule has 2 atom stereocenters. The van der Waals surface area contributed by atoms with Crippen molar-refractivity contribution in [2.75, 3.05) is 19.7 Å². The molecular weight excluding hydrogens is 933 g/mol. The monoisotopic (exact) mass is 1010 g/mol. The van der Waals surface area contributed by atoms with Crippen molar-refractivity contribution in [3.05, 3.63) is 126 Å². The Balaban J connectivity index is 1.45. The van der Waals surface area contributed by atoms with Crippen molar-refractivity contribution < 1.29 is 52.5 Å². The van der Waals surface area contributed by atoms with Gasteiger partial charge in [0.2, 0.25) is 5.91 Å². The predicted molar refractivity (Wildman–Crippen MR) is 276 cm³/mol. The third-order valence-corrected chi connectivity index (χ3v) is 12.1. The lowest BCUT2D eigenvalue weighted by molar-refractivity contribution is -0.155. The highest BCUT2D eigenvalue weighted by molar-refractivity contribution is 6.01. The number of esters is 2. The fourth-order valence-corrected chi connectivity index (χ4v) is 8.02. The molecular formula is C56H76N6O11.